The van der Waals surface area contributed by atoms with E-state index in [0.29, 0.717) is 31.9 Å². The van der Waals surface area contributed by atoms with Crippen LogP contribution in [0, 0.1) is 5.82 Å². The Morgan fingerprint density at radius 1 is 1.30 bits per heavy atom. The molecule has 2 rings (SSSR count). The molecule has 0 aliphatic carbocycles. The summed E-state index contributed by atoms with van der Waals surface area (Å²) in [5.74, 6) is 0.320. The van der Waals surface area contributed by atoms with Gasteiger partial charge < -0.3 is 15.4 Å². The Labute approximate surface area is 134 Å². The molecule has 23 heavy (non-hydrogen) atoms. The van der Waals surface area contributed by atoms with Crippen molar-refractivity contribution in [2.45, 2.75) is 26.3 Å². The second-order valence-corrected chi connectivity index (χ2v) is 5.00. The van der Waals surface area contributed by atoms with E-state index in [4.69, 9.17) is 4.74 Å². The summed E-state index contributed by atoms with van der Waals surface area (Å²) < 4.78 is 18.2. The van der Waals surface area contributed by atoms with Gasteiger partial charge in [-0.3, -0.25) is 5.10 Å². The SMILES string of the molecule is CCc1cc(CNC(=O)NCCCOc2ccc(F)cc2)[nH]n1. The number of H-pyrrole nitrogens is 1. The fraction of sp³-hybridized carbons (Fsp3) is 0.375. The van der Waals surface area contributed by atoms with Crippen molar-refractivity contribution in [1.29, 1.82) is 0 Å². The number of carbonyl (C=O) groups excluding carboxylic acids is 1. The zero-order chi connectivity index (χ0) is 16.5. The van der Waals surface area contributed by atoms with Crippen molar-refractivity contribution < 1.29 is 13.9 Å². The number of benzene rings is 1. The van der Waals surface area contributed by atoms with E-state index in [1.807, 2.05) is 13.0 Å². The van der Waals surface area contributed by atoms with Gasteiger partial charge in [0.1, 0.15) is 11.6 Å². The molecule has 124 valence electrons. The Morgan fingerprint density at radius 2 is 2.09 bits per heavy atom. The predicted octanol–water partition coefficient (Wildman–Crippen LogP) is 2.38. The van der Waals surface area contributed by atoms with Crippen LogP contribution >= 0.6 is 0 Å². The van der Waals surface area contributed by atoms with Crippen molar-refractivity contribution in [3.63, 3.8) is 0 Å². The lowest BCUT2D eigenvalue weighted by atomic mass is 10.3. The number of carbonyl (C=O) groups is 1. The summed E-state index contributed by atoms with van der Waals surface area (Å²) in [6.45, 7) is 3.38. The van der Waals surface area contributed by atoms with E-state index in [9.17, 15) is 9.18 Å². The summed E-state index contributed by atoms with van der Waals surface area (Å²) in [5.41, 5.74) is 1.84. The van der Waals surface area contributed by atoms with Crippen LogP contribution in [0.25, 0.3) is 0 Å². The molecule has 1 aromatic heterocycles. The van der Waals surface area contributed by atoms with Gasteiger partial charge in [-0.25, -0.2) is 9.18 Å². The van der Waals surface area contributed by atoms with Gasteiger partial charge in [0.25, 0.3) is 0 Å². The molecule has 0 fully saturated rings. The Hall–Kier alpha value is -2.57. The van der Waals surface area contributed by atoms with Crippen molar-refractivity contribution in [3.05, 3.63) is 47.5 Å². The van der Waals surface area contributed by atoms with Crippen molar-refractivity contribution in [2.75, 3.05) is 13.2 Å². The molecule has 0 saturated heterocycles. The van der Waals surface area contributed by atoms with Crippen LogP contribution in [0.3, 0.4) is 0 Å². The van der Waals surface area contributed by atoms with E-state index in [1.165, 1.54) is 12.1 Å². The number of aryl methyl sites for hydroxylation is 1. The molecule has 2 amide bonds. The van der Waals surface area contributed by atoms with E-state index in [1.54, 1.807) is 12.1 Å². The fourth-order valence-electron chi connectivity index (χ4n) is 1.91. The zero-order valence-electron chi connectivity index (χ0n) is 13.1. The van der Waals surface area contributed by atoms with Crippen LogP contribution in [0.15, 0.2) is 30.3 Å². The van der Waals surface area contributed by atoms with Crippen LogP contribution in [0.5, 0.6) is 5.75 Å². The molecule has 0 saturated carbocycles. The monoisotopic (exact) mass is 320 g/mol. The smallest absolute Gasteiger partial charge is 0.315 e. The quantitative estimate of drug-likeness (QED) is 0.653. The molecule has 3 N–H and O–H groups in total. The summed E-state index contributed by atoms with van der Waals surface area (Å²) in [7, 11) is 0. The number of halogens is 1. The van der Waals surface area contributed by atoms with Crippen LogP contribution in [0.2, 0.25) is 0 Å². The van der Waals surface area contributed by atoms with Gasteiger partial charge in [0.2, 0.25) is 0 Å². The summed E-state index contributed by atoms with van der Waals surface area (Å²) in [6.07, 6.45) is 1.52. The highest BCUT2D eigenvalue weighted by atomic mass is 19.1. The lowest BCUT2D eigenvalue weighted by molar-refractivity contribution is 0.238. The van der Waals surface area contributed by atoms with Gasteiger partial charge in [0, 0.05) is 6.54 Å². The molecule has 0 unspecified atom stereocenters. The number of ether oxygens (including phenoxy) is 1. The second-order valence-electron chi connectivity index (χ2n) is 5.00. The van der Waals surface area contributed by atoms with E-state index in [2.05, 4.69) is 20.8 Å². The minimum Gasteiger partial charge on any atom is -0.494 e. The number of aromatic amines is 1. The second kappa shape index (κ2) is 8.77. The number of urea groups is 1. The maximum Gasteiger partial charge on any atom is 0.315 e. The molecule has 1 heterocycles. The van der Waals surface area contributed by atoms with Gasteiger partial charge in [-0.1, -0.05) is 6.92 Å². The van der Waals surface area contributed by atoms with Crippen LogP contribution in [0.4, 0.5) is 9.18 Å². The van der Waals surface area contributed by atoms with E-state index in [-0.39, 0.29) is 11.8 Å². The van der Waals surface area contributed by atoms with Crippen LogP contribution < -0.4 is 15.4 Å². The molecule has 0 aliphatic rings. The molecule has 6 nitrogen and oxygen atoms in total. The number of hydrogen-bond acceptors (Lipinski definition) is 3. The standard InChI is InChI=1S/C16H21FN4O2/c1-2-13-10-14(21-20-13)11-19-16(22)18-8-3-9-23-15-6-4-12(17)5-7-15/h4-7,10H,2-3,8-9,11H2,1H3,(H,20,21)(H2,18,19,22). The molecule has 0 radical (unpaired) electrons. The molecular weight excluding hydrogens is 299 g/mol. The summed E-state index contributed by atoms with van der Waals surface area (Å²) in [5, 5.41) is 12.5. The highest BCUT2D eigenvalue weighted by Gasteiger charge is 2.03. The van der Waals surface area contributed by atoms with Gasteiger partial charge in [-0.05, 0) is 43.2 Å². The summed E-state index contributed by atoms with van der Waals surface area (Å²) in [6, 6.07) is 7.53. The molecule has 7 heteroatoms. The number of nitrogens with zero attached hydrogens (tertiary/aromatic N) is 1. The van der Waals surface area contributed by atoms with E-state index in [0.717, 1.165) is 17.8 Å². The van der Waals surface area contributed by atoms with Crippen LogP contribution in [0.1, 0.15) is 24.7 Å². The number of hydrogen-bond donors (Lipinski definition) is 3. The fourth-order valence-corrected chi connectivity index (χ4v) is 1.91. The van der Waals surface area contributed by atoms with E-state index >= 15 is 0 Å². The third kappa shape index (κ3) is 5.98. The lowest BCUT2D eigenvalue weighted by Gasteiger charge is -2.08. The maximum atomic E-state index is 12.7. The van der Waals surface area contributed by atoms with Crippen molar-refractivity contribution in [1.82, 2.24) is 20.8 Å². The first-order valence-corrected chi connectivity index (χ1v) is 7.60. The zero-order valence-corrected chi connectivity index (χ0v) is 13.1. The van der Waals surface area contributed by atoms with Gasteiger partial charge in [-0.15, -0.1) is 0 Å². The first-order chi connectivity index (χ1) is 11.2. The molecule has 1 aromatic carbocycles. The Morgan fingerprint density at radius 3 is 2.78 bits per heavy atom. The Kier molecular flexibility index (Phi) is 6.40. The average Bonchev–Trinajstić information content (AvgIpc) is 3.02. The summed E-state index contributed by atoms with van der Waals surface area (Å²) >= 11 is 0. The first kappa shape index (κ1) is 16.8. The largest absolute Gasteiger partial charge is 0.494 e. The van der Waals surface area contributed by atoms with Crippen LogP contribution in [-0.4, -0.2) is 29.4 Å². The van der Waals surface area contributed by atoms with Gasteiger partial charge >= 0.3 is 6.03 Å². The van der Waals surface area contributed by atoms with Gasteiger partial charge in [0.05, 0.1) is 24.5 Å². The van der Waals surface area contributed by atoms with Gasteiger partial charge in [-0.2, -0.15) is 5.10 Å². The maximum absolute atomic E-state index is 12.7. The van der Waals surface area contributed by atoms with E-state index < -0.39 is 0 Å². The normalized spacial score (nSPS) is 10.3. The minimum atomic E-state index is -0.293. The third-order valence-electron chi connectivity index (χ3n) is 3.17. The number of aromatic nitrogens is 2. The molecule has 0 spiro atoms. The lowest BCUT2D eigenvalue weighted by Crippen LogP contribution is -2.36. The number of rotatable bonds is 8. The molecule has 0 bridgehead atoms. The first-order valence-electron chi connectivity index (χ1n) is 7.60. The molecule has 0 atom stereocenters. The highest BCUT2D eigenvalue weighted by molar-refractivity contribution is 5.73. The van der Waals surface area contributed by atoms with Crippen molar-refractivity contribution >= 4 is 6.03 Å². The molecule has 0 aliphatic heterocycles. The predicted molar refractivity (Wildman–Crippen MR) is 84.7 cm³/mol. The average molecular weight is 320 g/mol. The molecule has 2 aromatic rings. The minimum absolute atomic E-state index is 0.237. The van der Waals surface area contributed by atoms with Crippen LogP contribution in [-0.2, 0) is 13.0 Å². The highest BCUT2D eigenvalue weighted by Crippen LogP contribution is 2.10. The number of nitrogens with one attached hydrogen (secondary N) is 3. The van der Waals surface area contributed by atoms with Gasteiger partial charge in [0.15, 0.2) is 0 Å². The Balaban J connectivity index is 1.55. The third-order valence-corrected chi connectivity index (χ3v) is 3.17. The van der Waals surface area contributed by atoms with Crippen molar-refractivity contribution in [2.24, 2.45) is 0 Å². The summed E-state index contributed by atoms with van der Waals surface area (Å²) in [4.78, 5) is 11.6. The topological polar surface area (TPSA) is 79.0 Å². The number of amides is 2. The van der Waals surface area contributed by atoms with Crippen molar-refractivity contribution in [3.8, 4) is 5.75 Å². The Bertz CT molecular complexity index is 613. The molecular formula is C16H21FN4O2.